The van der Waals surface area contributed by atoms with Crippen LogP contribution in [0, 0.1) is 25.5 Å². The molecular formula is C23H21F2N5O2. The molecule has 1 N–H and O–H groups in total. The van der Waals surface area contributed by atoms with Crippen molar-refractivity contribution in [2.24, 2.45) is 0 Å². The Kier molecular flexibility index (Phi) is 5.81. The number of nitrogens with zero attached hydrogens (tertiary/aromatic N) is 4. The summed E-state index contributed by atoms with van der Waals surface area (Å²) in [6, 6.07) is 8.58. The average molecular weight is 437 g/mol. The molecule has 0 saturated heterocycles. The zero-order chi connectivity index (χ0) is 22.8. The van der Waals surface area contributed by atoms with Gasteiger partial charge in [0.1, 0.15) is 17.5 Å². The molecule has 4 rings (SSSR count). The molecule has 0 aliphatic heterocycles. The summed E-state index contributed by atoms with van der Waals surface area (Å²) in [6.07, 6.45) is 3.00. The molecule has 9 heteroatoms. The third-order valence-electron chi connectivity index (χ3n) is 5.24. The summed E-state index contributed by atoms with van der Waals surface area (Å²) < 4.78 is 30.3. The Balaban J connectivity index is 1.48. The Morgan fingerprint density at radius 3 is 2.75 bits per heavy atom. The molecule has 164 valence electrons. The number of aromatic nitrogens is 4. The van der Waals surface area contributed by atoms with E-state index in [-0.39, 0.29) is 36.5 Å². The van der Waals surface area contributed by atoms with Gasteiger partial charge in [-0.05, 0) is 43.7 Å². The lowest BCUT2D eigenvalue weighted by Gasteiger charge is -2.12. The number of carbonyl (C=O) groups excluding carboxylic acids is 1. The molecule has 7 nitrogen and oxygen atoms in total. The predicted octanol–water partition coefficient (Wildman–Crippen LogP) is 3.57. The van der Waals surface area contributed by atoms with Crippen LogP contribution in [-0.2, 0) is 17.9 Å². The van der Waals surface area contributed by atoms with Gasteiger partial charge >= 0.3 is 0 Å². The van der Waals surface area contributed by atoms with Crippen molar-refractivity contribution in [3.63, 3.8) is 0 Å². The van der Waals surface area contributed by atoms with Crippen molar-refractivity contribution in [3.05, 3.63) is 87.6 Å². The number of benzene rings is 2. The monoisotopic (exact) mass is 437 g/mol. The molecule has 0 fully saturated rings. The van der Waals surface area contributed by atoms with Crippen LogP contribution >= 0.6 is 0 Å². The van der Waals surface area contributed by atoms with Crippen LogP contribution in [-0.4, -0.2) is 25.2 Å². The van der Waals surface area contributed by atoms with E-state index in [0.29, 0.717) is 22.3 Å². The van der Waals surface area contributed by atoms with Crippen LogP contribution in [0.5, 0.6) is 0 Å². The first kappa shape index (κ1) is 21.4. The van der Waals surface area contributed by atoms with Crippen LogP contribution in [0.15, 0.2) is 53.7 Å². The first-order chi connectivity index (χ1) is 15.3. The molecule has 32 heavy (non-hydrogen) atoms. The van der Waals surface area contributed by atoms with Gasteiger partial charge in [-0.15, -0.1) is 0 Å². The first-order valence-corrected chi connectivity index (χ1v) is 10.0. The fourth-order valence-electron chi connectivity index (χ4n) is 3.50. The van der Waals surface area contributed by atoms with E-state index in [1.807, 2.05) is 13.0 Å². The fourth-order valence-corrected chi connectivity index (χ4v) is 3.50. The molecule has 0 radical (unpaired) electrons. The van der Waals surface area contributed by atoms with E-state index >= 15 is 0 Å². The van der Waals surface area contributed by atoms with E-state index in [0.717, 1.165) is 23.8 Å². The van der Waals surface area contributed by atoms with E-state index in [9.17, 15) is 18.4 Å². The lowest BCUT2D eigenvalue weighted by Crippen LogP contribution is -2.24. The van der Waals surface area contributed by atoms with Gasteiger partial charge in [0.25, 0.3) is 5.56 Å². The lowest BCUT2D eigenvalue weighted by atomic mass is 10.1. The zero-order valence-corrected chi connectivity index (χ0v) is 17.6. The van der Waals surface area contributed by atoms with Crippen molar-refractivity contribution in [1.29, 1.82) is 0 Å². The minimum atomic E-state index is -0.560. The third kappa shape index (κ3) is 4.27. The SMILES string of the molecule is Cc1cnn(Cc2cc(F)ccc2F)c1NC(=O)CCn1cnc2c(C)cccc2c1=O. The highest BCUT2D eigenvalue weighted by Crippen LogP contribution is 2.18. The van der Waals surface area contributed by atoms with Crippen molar-refractivity contribution in [1.82, 2.24) is 19.3 Å². The number of rotatable bonds is 6. The second-order valence-electron chi connectivity index (χ2n) is 7.58. The van der Waals surface area contributed by atoms with Gasteiger partial charge in [0.2, 0.25) is 5.91 Å². The number of fused-ring (bicyclic) bond motifs is 1. The van der Waals surface area contributed by atoms with Crippen LogP contribution in [0.2, 0.25) is 0 Å². The van der Waals surface area contributed by atoms with Crippen molar-refractivity contribution >= 4 is 22.6 Å². The number of amides is 1. The summed E-state index contributed by atoms with van der Waals surface area (Å²) in [7, 11) is 0. The summed E-state index contributed by atoms with van der Waals surface area (Å²) in [5.74, 6) is -1.07. The average Bonchev–Trinajstić information content (AvgIpc) is 3.10. The third-order valence-corrected chi connectivity index (χ3v) is 5.24. The molecule has 0 saturated carbocycles. The maximum atomic E-state index is 14.0. The highest BCUT2D eigenvalue weighted by Gasteiger charge is 2.14. The van der Waals surface area contributed by atoms with Gasteiger partial charge in [0, 0.05) is 24.1 Å². The largest absolute Gasteiger partial charge is 0.311 e. The van der Waals surface area contributed by atoms with Crippen molar-refractivity contribution in [3.8, 4) is 0 Å². The highest BCUT2D eigenvalue weighted by molar-refractivity contribution is 5.90. The molecule has 2 aromatic carbocycles. The number of para-hydroxylation sites is 1. The molecular weight excluding hydrogens is 416 g/mol. The van der Waals surface area contributed by atoms with Crippen molar-refractivity contribution in [2.75, 3.05) is 5.32 Å². The second kappa shape index (κ2) is 8.70. The highest BCUT2D eigenvalue weighted by atomic mass is 19.1. The number of hydrogen-bond acceptors (Lipinski definition) is 4. The van der Waals surface area contributed by atoms with E-state index < -0.39 is 11.6 Å². The molecule has 0 aliphatic rings. The maximum Gasteiger partial charge on any atom is 0.261 e. The minimum Gasteiger partial charge on any atom is -0.311 e. The quantitative estimate of drug-likeness (QED) is 0.500. The molecule has 4 aromatic rings. The second-order valence-corrected chi connectivity index (χ2v) is 7.58. The van der Waals surface area contributed by atoms with E-state index in [2.05, 4.69) is 15.4 Å². The van der Waals surface area contributed by atoms with Gasteiger partial charge in [0.15, 0.2) is 0 Å². The van der Waals surface area contributed by atoms with Gasteiger partial charge in [-0.25, -0.2) is 18.4 Å². The Hall–Kier alpha value is -3.88. The first-order valence-electron chi connectivity index (χ1n) is 10.0. The standard InChI is InChI=1S/C23H21F2N5O2/c1-14-4-3-5-18-21(14)26-13-29(23(18)32)9-8-20(31)28-22-15(2)11-27-30(22)12-16-10-17(24)6-7-19(16)25/h3-7,10-11,13H,8-9,12H2,1-2H3,(H,28,31). The number of nitrogens with one attached hydrogen (secondary N) is 1. The molecule has 0 bridgehead atoms. The van der Waals surface area contributed by atoms with Crippen LogP contribution in [0.25, 0.3) is 10.9 Å². The molecule has 0 atom stereocenters. The van der Waals surface area contributed by atoms with Crippen LogP contribution in [0.3, 0.4) is 0 Å². The Morgan fingerprint density at radius 2 is 1.94 bits per heavy atom. The zero-order valence-electron chi connectivity index (χ0n) is 17.6. The smallest absolute Gasteiger partial charge is 0.261 e. The van der Waals surface area contributed by atoms with Crippen molar-refractivity contribution < 1.29 is 13.6 Å². The van der Waals surface area contributed by atoms with Crippen LogP contribution in [0.4, 0.5) is 14.6 Å². The number of aryl methyl sites for hydroxylation is 3. The maximum absolute atomic E-state index is 14.0. The van der Waals surface area contributed by atoms with Crippen LogP contribution in [0.1, 0.15) is 23.1 Å². The van der Waals surface area contributed by atoms with Crippen molar-refractivity contribution in [2.45, 2.75) is 33.4 Å². The molecule has 0 aliphatic carbocycles. The Labute approximate surface area is 182 Å². The molecule has 0 unspecified atom stereocenters. The molecule has 0 spiro atoms. The summed E-state index contributed by atoms with van der Waals surface area (Å²) in [4.78, 5) is 29.6. The van der Waals surface area contributed by atoms with E-state index in [4.69, 9.17) is 0 Å². The van der Waals surface area contributed by atoms with Crippen LogP contribution < -0.4 is 10.9 Å². The van der Waals surface area contributed by atoms with E-state index in [1.54, 1.807) is 19.1 Å². The summed E-state index contributed by atoms with van der Waals surface area (Å²) in [5, 5.41) is 7.41. The topological polar surface area (TPSA) is 81.8 Å². The molecule has 1 amide bonds. The van der Waals surface area contributed by atoms with Gasteiger partial charge in [-0.2, -0.15) is 5.10 Å². The van der Waals surface area contributed by atoms with Gasteiger partial charge < -0.3 is 5.32 Å². The molecule has 2 heterocycles. The minimum absolute atomic E-state index is 0.0257. The predicted molar refractivity (Wildman–Crippen MR) is 116 cm³/mol. The number of halogens is 2. The number of carbonyl (C=O) groups is 1. The lowest BCUT2D eigenvalue weighted by molar-refractivity contribution is -0.116. The number of hydrogen-bond donors (Lipinski definition) is 1. The number of anilines is 1. The molecule has 2 aromatic heterocycles. The summed E-state index contributed by atoms with van der Waals surface area (Å²) in [5.41, 5.74) is 2.13. The van der Waals surface area contributed by atoms with Gasteiger partial charge in [-0.3, -0.25) is 14.2 Å². The van der Waals surface area contributed by atoms with Gasteiger partial charge in [-0.1, -0.05) is 12.1 Å². The van der Waals surface area contributed by atoms with Gasteiger partial charge in [0.05, 0.1) is 30.0 Å². The summed E-state index contributed by atoms with van der Waals surface area (Å²) in [6.45, 7) is 3.74. The Bertz CT molecular complexity index is 1380. The fraction of sp³-hybridized carbons (Fsp3) is 0.217. The van der Waals surface area contributed by atoms with E-state index in [1.165, 1.54) is 21.8 Å². The normalized spacial score (nSPS) is 11.1. The summed E-state index contributed by atoms with van der Waals surface area (Å²) >= 11 is 0. The Morgan fingerprint density at radius 1 is 1.12 bits per heavy atom.